The van der Waals surface area contributed by atoms with Crippen LogP contribution in [0, 0.1) is 0 Å². The minimum Gasteiger partial charge on any atom is -0.494 e. The lowest BCUT2D eigenvalue weighted by Gasteiger charge is -2.16. The van der Waals surface area contributed by atoms with E-state index >= 15 is 0 Å². The maximum absolute atomic E-state index is 12.6. The van der Waals surface area contributed by atoms with Gasteiger partial charge >= 0.3 is 0 Å². The first-order chi connectivity index (χ1) is 14.1. The summed E-state index contributed by atoms with van der Waals surface area (Å²) in [6, 6.07) is 10.7. The lowest BCUT2D eigenvalue weighted by Crippen LogP contribution is -2.18. The van der Waals surface area contributed by atoms with Gasteiger partial charge < -0.3 is 18.9 Å². The number of hydrogen-bond donors (Lipinski definition) is 1. The smallest absolute Gasteiger partial charge is 0.271 e. The molecule has 1 N–H and O–H groups in total. The Bertz CT molecular complexity index is 791. The average molecular weight is 400 g/mol. The Morgan fingerprint density at radius 2 is 1.41 bits per heavy atom. The molecule has 0 spiro atoms. The Labute approximate surface area is 171 Å². The number of benzene rings is 2. The van der Waals surface area contributed by atoms with Gasteiger partial charge in [0.2, 0.25) is 5.75 Å². The van der Waals surface area contributed by atoms with E-state index in [2.05, 4.69) is 10.5 Å². The molecule has 0 aromatic heterocycles. The van der Waals surface area contributed by atoms with E-state index in [1.54, 1.807) is 18.3 Å². The van der Waals surface area contributed by atoms with Gasteiger partial charge in [-0.3, -0.25) is 4.79 Å². The number of carbonyl (C=O) groups excluding carboxylic acids is 1. The molecule has 0 aliphatic carbocycles. The minimum absolute atomic E-state index is 0.365. The molecule has 0 aliphatic rings. The molecule has 0 saturated heterocycles. The van der Waals surface area contributed by atoms with Crippen LogP contribution in [0.4, 0.5) is 0 Å². The van der Waals surface area contributed by atoms with Crippen LogP contribution in [-0.2, 0) is 0 Å². The molecule has 2 aromatic rings. The second-order valence-corrected chi connectivity index (χ2v) is 5.80. The van der Waals surface area contributed by atoms with Gasteiger partial charge in [0.1, 0.15) is 5.75 Å². The van der Waals surface area contributed by atoms with Gasteiger partial charge in [-0.05, 0) is 69.7 Å². The van der Waals surface area contributed by atoms with E-state index in [1.165, 1.54) is 0 Å². The fourth-order valence-electron chi connectivity index (χ4n) is 2.57. The van der Waals surface area contributed by atoms with Crippen molar-refractivity contribution >= 4 is 12.1 Å². The zero-order valence-corrected chi connectivity index (χ0v) is 17.4. The Hall–Kier alpha value is -3.22. The molecule has 0 fully saturated rings. The lowest BCUT2D eigenvalue weighted by atomic mass is 10.1. The Balaban J connectivity index is 2.16. The van der Waals surface area contributed by atoms with Gasteiger partial charge in [0.15, 0.2) is 11.5 Å². The number of carbonyl (C=O) groups is 1. The molecule has 2 rings (SSSR count). The van der Waals surface area contributed by atoms with Crippen LogP contribution in [-0.4, -0.2) is 38.5 Å². The monoisotopic (exact) mass is 400 g/mol. The fourth-order valence-corrected chi connectivity index (χ4v) is 2.57. The predicted molar refractivity (Wildman–Crippen MR) is 113 cm³/mol. The van der Waals surface area contributed by atoms with Crippen LogP contribution in [0.5, 0.6) is 23.0 Å². The van der Waals surface area contributed by atoms with Crippen molar-refractivity contribution in [2.24, 2.45) is 5.10 Å². The van der Waals surface area contributed by atoms with Crippen LogP contribution < -0.4 is 24.4 Å². The second kappa shape index (κ2) is 11.6. The molecule has 0 saturated carbocycles. The normalized spacial score (nSPS) is 10.6. The molecule has 29 heavy (non-hydrogen) atoms. The number of rotatable bonds is 11. The topological polar surface area (TPSA) is 78.4 Å². The standard InChI is InChI=1S/C22H28N2O5/c1-5-26-18-11-9-16(10-12-18)15-23-24-22(25)17-13-19(27-6-2)21(29-8-4)20(14-17)28-7-3/h9-15H,5-8H2,1-4H3,(H,24,25)/b23-15-. The highest BCUT2D eigenvalue weighted by Gasteiger charge is 2.18. The summed E-state index contributed by atoms with van der Waals surface area (Å²) in [5.41, 5.74) is 3.73. The van der Waals surface area contributed by atoms with Gasteiger partial charge in [-0.25, -0.2) is 5.43 Å². The molecule has 2 aromatic carbocycles. The van der Waals surface area contributed by atoms with Crippen LogP contribution in [0.3, 0.4) is 0 Å². The average Bonchev–Trinajstić information content (AvgIpc) is 2.72. The number of nitrogens with one attached hydrogen (secondary N) is 1. The maximum Gasteiger partial charge on any atom is 0.271 e. The fraction of sp³-hybridized carbons (Fsp3) is 0.364. The van der Waals surface area contributed by atoms with Crippen LogP contribution in [0.15, 0.2) is 41.5 Å². The first-order valence-electron chi connectivity index (χ1n) is 9.75. The Morgan fingerprint density at radius 1 is 0.862 bits per heavy atom. The minimum atomic E-state index is -0.378. The van der Waals surface area contributed by atoms with Gasteiger partial charge in [0, 0.05) is 5.56 Å². The highest BCUT2D eigenvalue weighted by molar-refractivity contribution is 5.96. The zero-order valence-electron chi connectivity index (χ0n) is 17.4. The molecule has 7 nitrogen and oxygen atoms in total. The Kier molecular flexibility index (Phi) is 8.82. The van der Waals surface area contributed by atoms with Crippen molar-refractivity contribution in [2.75, 3.05) is 26.4 Å². The molecule has 0 unspecified atom stereocenters. The molecule has 0 radical (unpaired) electrons. The first-order valence-corrected chi connectivity index (χ1v) is 9.75. The van der Waals surface area contributed by atoms with Crippen molar-refractivity contribution < 1.29 is 23.7 Å². The van der Waals surface area contributed by atoms with Crippen molar-refractivity contribution in [2.45, 2.75) is 27.7 Å². The second-order valence-electron chi connectivity index (χ2n) is 5.80. The third-order valence-corrected chi connectivity index (χ3v) is 3.74. The van der Waals surface area contributed by atoms with Gasteiger partial charge in [-0.2, -0.15) is 5.10 Å². The number of hydrazone groups is 1. The molecule has 7 heteroatoms. The number of amides is 1. The molecule has 0 aliphatic heterocycles. The molecule has 1 amide bonds. The quantitative estimate of drug-likeness (QED) is 0.455. The first kappa shape index (κ1) is 22.1. The van der Waals surface area contributed by atoms with E-state index in [9.17, 15) is 4.79 Å². The molecular formula is C22H28N2O5. The third-order valence-electron chi connectivity index (χ3n) is 3.74. The molecule has 156 valence electrons. The summed E-state index contributed by atoms with van der Waals surface area (Å²) in [5.74, 6) is 1.82. The Morgan fingerprint density at radius 3 is 1.93 bits per heavy atom. The summed E-state index contributed by atoms with van der Waals surface area (Å²) in [4.78, 5) is 12.6. The third kappa shape index (κ3) is 6.41. The van der Waals surface area contributed by atoms with Crippen molar-refractivity contribution in [3.8, 4) is 23.0 Å². The summed E-state index contributed by atoms with van der Waals surface area (Å²) in [7, 11) is 0. The van der Waals surface area contributed by atoms with Gasteiger partial charge in [-0.1, -0.05) is 0 Å². The number of hydrogen-bond acceptors (Lipinski definition) is 6. The van der Waals surface area contributed by atoms with Crippen LogP contribution in [0.1, 0.15) is 43.6 Å². The van der Waals surface area contributed by atoms with Crippen molar-refractivity contribution in [1.82, 2.24) is 5.43 Å². The predicted octanol–water partition coefficient (Wildman–Crippen LogP) is 4.05. The van der Waals surface area contributed by atoms with E-state index in [0.717, 1.165) is 11.3 Å². The van der Waals surface area contributed by atoms with Crippen LogP contribution in [0.25, 0.3) is 0 Å². The summed E-state index contributed by atoms with van der Waals surface area (Å²) in [6.45, 7) is 9.48. The van der Waals surface area contributed by atoms with Crippen molar-refractivity contribution in [1.29, 1.82) is 0 Å². The van der Waals surface area contributed by atoms with Gasteiger partial charge in [0.25, 0.3) is 5.91 Å². The number of ether oxygens (including phenoxy) is 4. The summed E-state index contributed by atoms with van der Waals surface area (Å²) in [6.07, 6.45) is 1.56. The summed E-state index contributed by atoms with van der Waals surface area (Å²) in [5, 5.41) is 4.03. The van der Waals surface area contributed by atoms with Crippen molar-refractivity contribution in [3.63, 3.8) is 0 Å². The summed E-state index contributed by atoms with van der Waals surface area (Å²) < 4.78 is 22.3. The highest BCUT2D eigenvalue weighted by Crippen LogP contribution is 2.39. The van der Waals surface area contributed by atoms with E-state index < -0.39 is 0 Å². The van der Waals surface area contributed by atoms with E-state index in [0.29, 0.717) is 49.2 Å². The van der Waals surface area contributed by atoms with Crippen LogP contribution >= 0.6 is 0 Å². The molecule has 0 heterocycles. The molecule has 0 bridgehead atoms. The van der Waals surface area contributed by atoms with E-state index in [4.69, 9.17) is 18.9 Å². The summed E-state index contributed by atoms with van der Waals surface area (Å²) >= 11 is 0. The maximum atomic E-state index is 12.6. The zero-order chi connectivity index (χ0) is 21.1. The lowest BCUT2D eigenvalue weighted by molar-refractivity contribution is 0.0954. The van der Waals surface area contributed by atoms with Crippen LogP contribution in [0.2, 0.25) is 0 Å². The van der Waals surface area contributed by atoms with Gasteiger partial charge in [-0.15, -0.1) is 0 Å². The SMILES string of the molecule is CCOc1ccc(/C=N\NC(=O)c2cc(OCC)c(OCC)c(OCC)c2)cc1. The molecule has 0 atom stereocenters. The van der Waals surface area contributed by atoms with Crippen molar-refractivity contribution in [3.05, 3.63) is 47.5 Å². The number of nitrogens with zero attached hydrogens (tertiary/aromatic N) is 1. The largest absolute Gasteiger partial charge is 0.494 e. The molecular weight excluding hydrogens is 372 g/mol. The van der Waals surface area contributed by atoms with E-state index in [-0.39, 0.29) is 5.91 Å². The highest BCUT2D eigenvalue weighted by atomic mass is 16.5. The van der Waals surface area contributed by atoms with Gasteiger partial charge in [0.05, 0.1) is 32.6 Å². The van der Waals surface area contributed by atoms with E-state index in [1.807, 2.05) is 52.0 Å².